The molecule has 0 spiro atoms. The van der Waals surface area contributed by atoms with Crippen LogP contribution in [-0.2, 0) is 9.53 Å². The van der Waals surface area contributed by atoms with Crippen LogP contribution in [0.15, 0.2) is 18.2 Å². The third-order valence-electron chi connectivity index (χ3n) is 1.79. The van der Waals surface area contributed by atoms with Crippen molar-refractivity contribution in [2.24, 2.45) is 0 Å². The molecule has 0 saturated heterocycles. The van der Waals surface area contributed by atoms with E-state index in [2.05, 4.69) is 5.32 Å². The van der Waals surface area contributed by atoms with Gasteiger partial charge in [0.25, 0.3) is 0 Å². The molecule has 0 bridgehead atoms. The summed E-state index contributed by atoms with van der Waals surface area (Å²) in [7, 11) is 0. The number of halogens is 2. The first-order valence-electron chi connectivity index (χ1n) is 5.19. The zero-order valence-electron chi connectivity index (χ0n) is 10.0. The Hall–Kier alpha value is -1.29. The summed E-state index contributed by atoms with van der Waals surface area (Å²) >= 11 is 5.79. The highest BCUT2D eigenvalue weighted by Crippen LogP contribution is 2.24. The Morgan fingerprint density at radius 3 is 2.65 bits per heavy atom. The molecule has 0 atom stereocenters. The third kappa shape index (κ3) is 4.61. The van der Waals surface area contributed by atoms with Crippen LogP contribution >= 0.6 is 11.6 Å². The normalized spacial score (nSPS) is 11.1. The number of esters is 1. The molecule has 0 fully saturated rings. The SMILES string of the molecule is CC(C)(C)OC(=O)CNc1c(F)cccc1Cl. The minimum absolute atomic E-state index is 0.111. The second-order valence-electron chi connectivity index (χ2n) is 4.54. The molecule has 0 saturated carbocycles. The molecule has 0 aliphatic heterocycles. The lowest BCUT2D eigenvalue weighted by molar-refractivity contribution is -0.152. The van der Waals surface area contributed by atoms with Gasteiger partial charge >= 0.3 is 5.97 Å². The molecule has 0 heterocycles. The Labute approximate surface area is 105 Å². The van der Waals surface area contributed by atoms with Gasteiger partial charge in [0.2, 0.25) is 0 Å². The Kier molecular flexibility index (Phi) is 4.34. The summed E-state index contributed by atoms with van der Waals surface area (Å²) in [5, 5.41) is 2.85. The molecule has 0 aliphatic carbocycles. The number of anilines is 1. The molecule has 1 N–H and O–H groups in total. The molecule has 0 amide bonds. The maximum absolute atomic E-state index is 13.3. The van der Waals surface area contributed by atoms with Crippen LogP contribution in [0.2, 0.25) is 5.02 Å². The largest absolute Gasteiger partial charge is 0.459 e. The molecule has 94 valence electrons. The van der Waals surface area contributed by atoms with E-state index in [0.717, 1.165) is 0 Å². The van der Waals surface area contributed by atoms with Crippen LogP contribution in [-0.4, -0.2) is 18.1 Å². The fourth-order valence-electron chi connectivity index (χ4n) is 1.20. The van der Waals surface area contributed by atoms with Crippen molar-refractivity contribution in [1.29, 1.82) is 0 Å². The van der Waals surface area contributed by atoms with Gasteiger partial charge in [-0.1, -0.05) is 17.7 Å². The predicted octanol–water partition coefficient (Wildman–Crippen LogP) is 3.23. The molecule has 0 radical (unpaired) electrons. The monoisotopic (exact) mass is 259 g/mol. The van der Waals surface area contributed by atoms with E-state index < -0.39 is 17.4 Å². The van der Waals surface area contributed by atoms with Gasteiger partial charge in [-0.2, -0.15) is 0 Å². The molecule has 0 unspecified atom stereocenters. The van der Waals surface area contributed by atoms with Crippen LogP contribution in [0.1, 0.15) is 20.8 Å². The fourth-order valence-corrected chi connectivity index (χ4v) is 1.43. The first-order valence-corrected chi connectivity index (χ1v) is 5.57. The lowest BCUT2D eigenvalue weighted by Gasteiger charge is -2.20. The Morgan fingerprint density at radius 1 is 1.47 bits per heavy atom. The number of rotatable bonds is 3. The third-order valence-corrected chi connectivity index (χ3v) is 2.11. The van der Waals surface area contributed by atoms with Crippen molar-refractivity contribution in [3.05, 3.63) is 29.0 Å². The summed E-state index contributed by atoms with van der Waals surface area (Å²) in [5.74, 6) is -0.960. The topological polar surface area (TPSA) is 38.3 Å². The van der Waals surface area contributed by atoms with Gasteiger partial charge in [0.15, 0.2) is 0 Å². The van der Waals surface area contributed by atoms with E-state index >= 15 is 0 Å². The van der Waals surface area contributed by atoms with E-state index in [4.69, 9.17) is 16.3 Å². The van der Waals surface area contributed by atoms with Crippen LogP contribution in [0, 0.1) is 5.82 Å². The van der Waals surface area contributed by atoms with E-state index in [1.54, 1.807) is 26.8 Å². The second-order valence-corrected chi connectivity index (χ2v) is 4.94. The van der Waals surface area contributed by atoms with Crippen LogP contribution in [0.4, 0.5) is 10.1 Å². The van der Waals surface area contributed by atoms with E-state index in [1.165, 1.54) is 12.1 Å². The molecule has 1 aromatic rings. The van der Waals surface area contributed by atoms with Gasteiger partial charge < -0.3 is 10.1 Å². The average Bonchev–Trinajstić information content (AvgIpc) is 2.14. The van der Waals surface area contributed by atoms with E-state index in [-0.39, 0.29) is 17.3 Å². The Bertz CT molecular complexity index is 395. The molecule has 0 aromatic heterocycles. The van der Waals surface area contributed by atoms with Crippen molar-refractivity contribution in [3.63, 3.8) is 0 Å². The average molecular weight is 260 g/mol. The summed E-state index contributed by atoms with van der Waals surface area (Å²) in [4.78, 5) is 11.4. The summed E-state index contributed by atoms with van der Waals surface area (Å²) in [6.45, 7) is 5.17. The summed E-state index contributed by atoms with van der Waals surface area (Å²) < 4.78 is 18.4. The number of ether oxygens (including phenoxy) is 1. The standard InChI is InChI=1S/C12H15ClFNO2/c1-12(2,3)17-10(16)7-15-11-8(13)5-4-6-9(11)14/h4-6,15H,7H2,1-3H3. The second kappa shape index (κ2) is 5.36. The van der Waals surface area contributed by atoms with Gasteiger partial charge in [-0.3, -0.25) is 4.79 Å². The van der Waals surface area contributed by atoms with E-state index in [1.807, 2.05) is 0 Å². The number of hydrogen-bond acceptors (Lipinski definition) is 3. The van der Waals surface area contributed by atoms with Gasteiger partial charge in [-0.25, -0.2) is 4.39 Å². The van der Waals surface area contributed by atoms with Crippen molar-refractivity contribution in [2.45, 2.75) is 26.4 Å². The molecule has 0 aliphatic rings. The van der Waals surface area contributed by atoms with Gasteiger partial charge in [0, 0.05) is 0 Å². The van der Waals surface area contributed by atoms with Crippen molar-refractivity contribution in [2.75, 3.05) is 11.9 Å². The first kappa shape index (κ1) is 13.8. The molecular weight excluding hydrogens is 245 g/mol. The fraction of sp³-hybridized carbons (Fsp3) is 0.417. The highest BCUT2D eigenvalue weighted by Gasteiger charge is 2.16. The number of nitrogens with one attached hydrogen (secondary N) is 1. The number of hydrogen-bond donors (Lipinski definition) is 1. The van der Waals surface area contributed by atoms with Gasteiger partial charge in [-0.05, 0) is 32.9 Å². The minimum atomic E-state index is -0.558. The molecule has 3 nitrogen and oxygen atoms in total. The smallest absolute Gasteiger partial charge is 0.325 e. The minimum Gasteiger partial charge on any atom is -0.459 e. The van der Waals surface area contributed by atoms with E-state index in [0.29, 0.717) is 0 Å². The predicted molar refractivity (Wildman–Crippen MR) is 65.7 cm³/mol. The Balaban J connectivity index is 2.59. The highest BCUT2D eigenvalue weighted by molar-refractivity contribution is 6.33. The molecular formula is C12H15ClFNO2. The number of carbonyl (C=O) groups is 1. The highest BCUT2D eigenvalue weighted by atomic mass is 35.5. The van der Waals surface area contributed by atoms with Gasteiger partial charge in [-0.15, -0.1) is 0 Å². The van der Waals surface area contributed by atoms with E-state index in [9.17, 15) is 9.18 Å². The number of carbonyl (C=O) groups excluding carboxylic acids is 1. The first-order chi connectivity index (χ1) is 7.79. The lowest BCUT2D eigenvalue weighted by Crippen LogP contribution is -2.28. The van der Waals surface area contributed by atoms with Crippen molar-refractivity contribution in [1.82, 2.24) is 0 Å². The maximum atomic E-state index is 13.3. The van der Waals surface area contributed by atoms with Crippen molar-refractivity contribution < 1.29 is 13.9 Å². The Morgan fingerprint density at radius 2 is 2.12 bits per heavy atom. The lowest BCUT2D eigenvalue weighted by atomic mass is 10.2. The van der Waals surface area contributed by atoms with Crippen molar-refractivity contribution >= 4 is 23.3 Å². The van der Waals surface area contributed by atoms with Gasteiger partial charge in [0.1, 0.15) is 18.0 Å². The molecule has 1 aromatic carbocycles. The molecule has 5 heteroatoms. The number of benzene rings is 1. The number of para-hydroxylation sites is 1. The molecule has 17 heavy (non-hydrogen) atoms. The zero-order chi connectivity index (χ0) is 13.1. The summed E-state index contributed by atoms with van der Waals surface area (Å²) in [5.41, 5.74) is -0.447. The van der Waals surface area contributed by atoms with Crippen LogP contribution in [0.3, 0.4) is 0 Å². The zero-order valence-corrected chi connectivity index (χ0v) is 10.8. The summed E-state index contributed by atoms with van der Waals surface area (Å²) in [6.07, 6.45) is 0. The summed E-state index contributed by atoms with van der Waals surface area (Å²) in [6, 6.07) is 4.31. The van der Waals surface area contributed by atoms with Gasteiger partial charge in [0.05, 0.1) is 10.7 Å². The molecule has 1 rings (SSSR count). The maximum Gasteiger partial charge on any atom is 0.325 e. The van der Waals surface area contributed by atoms with Crippen LogP contribution < -0.4 is 5.32 Å². The van der Waals surface area contributed by atoms with Crippen LogP contribution in [0.5, 0.6) is 0 Å². The van der Waals surface area contributed by atoms with Crippen LogP contribution in [0.25, 0.3) is 0 Å². The quantitative estimate of drug-likeness (QED) is 0.847. The van der Waals surface area contributed by atoms with Crippen molar-refractivity contribution in [3.8, 4) is 0 Å².